The molecule has 146 valence electrons. The first-order valence-corrected chi connectivity index (χ1v) is 10.2. The molecule has 5 aliphatic rings. The van der Waals surface area contributed by atoms with E-state index in [4.69, 9.17) is 18.9 Å². The largest absolute Gasteiger partial charge is 0.387 e. The molecular formula is C21H32O5. The summed E-state index contributed by atoms with van der Waals surface area (Å²) < 4.78 is 23.4. The van der Waals surface area contributed by atoms with Crippen molar-refractivity contribution in [1.29, 1.82) is 0 Å². The van der Waals surface area contributed by atoms with E-state index in [1.165, 1.54) is 5.57 Å². The molecule has 0 spiro atoms. The lowest BCUT2D eigenvalue weighted by atomic mass is 9.57. The summed E-state index contributed by atoms with van der Waals surface area (Å²) in [5, 5.41) is 11.1. The standard InChI is InChI=1S/C21H32O5/c1-23-13-18(22)8-6-14-15-7-9-19-12-20(24-2,25-3)10-11-21(19,26-19)17(15)5-4-16(14)18/h5,14-16,22H,4,6-13H2,1-3H3/t14-,15-,16-,18+,19+,21+/m0/s1. The zero-order chi connectivity index (χ0) is 18.2. The molecule has 5 heteroatoms. The number of fused-ring (bicyclic) bond motifs is 3. The summed E-state index contributed by atoms with van der Waals surface area (Å²) in [6, 6.07) is 0. The lowest BCUT2D eigenvalue weighted by Gasteiger charge is -2.48. The van der Waals surface area contributed by atoms with Crippen molar-refractivity contribution in [3.05, 3.63) is 11.6 Å². The van der Waals surface area contributed by atoms with E-state index in [0.29, 0.717) is 24.4 Å². The van der Waals surface area contributed by atoms with Gasteiger partial charge in [-0.25, -0.2) is 0 Å². The summed E-state index contributed by atoms with van der Waals surface area (Å²) in [5.41, 5.74) is 0.718. The van der Waals surface area contributed by atoms with Crippen LogP contribution < -0.4 is 0 Å². The van der Waals surface area contributed by atoms with Crippen LogP contribution in [0.4, 0.5) is 0 Å². The van der Waals surface area contributed by atoms with E-state index in [0.717, 1.165) is 51.4 Å². The first-order valence-electron chi connectivity index (χ1n) is 10.2. The van der Waals surface area contributed by atoms with E-state index in [2.05, 4.69) is 6.08 Å². The third kappa shape index (κ3) is 2.04. The van der Waals surface area contributed by atoms with Crippen molar-refractivity contribution in [2.75, 3.05) is 27.9 Å². The molecule has 0 radical (unpaired) electrons. The van der Waals surface area contributed by atoms with Gasteiger partial charge in [-0.2, -0.15) is 0 Å². The Morgan fingerprint density at radius 2 is 1.92 bits per heavy atom. The molecule has 4 fully saturated rings. The smallest absolute Gasteiger partial charge is 0.170 e. The van der Waals surface area contributed by atoms with Gasteiger partial charge < -0.3 is 24.1 Å². The van der Waals surface area contributed by atoms with Gasteiger partial charge in [-0.15, -0.1) is 0 Å². The number of hydrogen-bond donors (Lipinski definition) is 1. The van der Waals surface area contributed by atoms with Crippen LogP contribution in [0, 0.1) is 17.8 Å². The topological polar surface area (TPSA) is 60.5 Å². The number of ether oxygens (including phenoxy) is 4. The van der Waals surface area contributed by atoms with Crippen molar-refractivity contribution in [3.8, 4) is 0 Å². The molecule has 0 bridgehead atoms. The van der Waals surface area contributed by atoms with Crippen LogP contribution in [0.15, 0.2) is 11.6 Å². The Hall–Kier alpha value is -0.460. The lowest BCUT2D eigenvalue weighted by molar-refractivity contribution is -0.229. The molecule has 0 aromatic rings. The van der Waals surface area contributed by atoms with Crippen molar-refractivity contribution in [2.45, 2.75) is 74.0 Å². The fourth-order valence-corrected chi connectivity index (χ4v) is 7.26. The van der Waals surface area contributed by atoms with Gasteiger partial charge in [0.05, 0.1) is 12.2 Å². The van der Waals surface area contributed by atoms with Crippen molar-refractivity contribution in [2.24, 2.45) is 17.8 Å². The number of epoxide rings is 1. The van der Waals surface area contributed by atoms with E-state index in [1.54, 1.807) is 21.3 Å². The van der Waals surface area contributed by atoms with Crippen molar-refractivity contribution in [1.82, 2.24) is 0 Å². The van der Waals surface area contributed by atoms with Gasteiger partial charge >= 0.3 is 0 Å². The van der Waals surface area contributed by atoms with E-state index in [1.807, 2.05) is 0 Å². The summed E-state index contributed by atoms with van der Waals surface area (Å²) in [7, 11) is 5.20. The highest BCUT2D eigenvalue weighted by Gasteiger charge is 2.78. The summed E-state index contributed by atoms with van der Waals surface area (Å²) in [4.78, 5) is 0. The van der Waals surface area contributed by atoms with Crippen LogP contribution in [-0.4, -0.2) is 55.6 Å². The second kappa shape index (κ2) is 5.54. The average Bonchev–Trinajstić information content (AvgIpc) is 3.24. The summed E-state index contributed by atoms with van der Waals surface area (Å²) >= 11 is 0. The average molecular weight is 364 g/mol. The third-order valence-corrected chi connectivity index (χ3v) is 8.57. The van der Waals surface area contributed by atoms with Gasteiger partial charge in [0.1, 0.15) is 11.2 Å². The maximum atomic E-state index is 11.1. The normalized spacial score (nSPS) is 50.9. The first-order chi connectivity index (χ1) is 12.5. The SMILES string of the molecule is COC[C@]1(O)CC[C@H]2[C@@H]3CC[C@@]45CC(OC)(OC)CC[C@@]4(O5)C3=CC[C@@H]21. The number of methoxy groups -OCH3 is 3. The number of rotatable bonds is 4. The van der Waals surface area contributed by atoms with Crippen LogP contribution in [-0.2, 0) is 18.9 Å². The number of aliphatic hydroxyl groups is 1. The van der Waals surface area contributed by atoms with Crippen LogP contribution >= 0.6 is 0 Å². The van der Waals surface area contributed by atoms with E-state index in [9.17, 15) is 5.11 Å². The highest BCUT2D eigenvalue weighted by molar-refractivity contribution is 5.42. The minimum absolute atomic E-state index is 0.0800. The molecule has 4 aliphatic carbocycles. The molecule has 0 amide bonds. The minimum Gasteiger partial charge on any atom is -0.387 e. The first kappa shape index (κ1) is 17.6. The Kier molecular flexibility index (Phi) is 3.76. The van der Waals surface area contributed by atoms with Gasteiger partial charge in [-0.1, -0.05) is 6.08 Å². The molecule has 0 aromatic carbocycles. The zero-order valence-corrected chi connectivity index (χ0v) is 16.3. The van der Waals surface area contributed by atoms with Crippen LogP contribution in [0.5, 0.6) is 0 Å². The van der Waals surface area contributed by atoms with Gasteiger partial charge in [0.25, 0.3) is 0 Å². The molecule has 1 saturated heterocycles. The van der Waals surface area contributed by atoms with Crippen molar-refractivity contribution < 1.29 is 24.1 Å². The Bertz CT molecular complexity index is 628. The van der Waals surface area contributed by atoms with Gasteiger partial charge in [-0.05, 0) is 61.9 Å². The monoisotopic (exact) mass is 364 g/mol. The highest BCUT2D eigenvalue weighted by Crippen LogP contribution is 2.72. The molecule has 1 heterocycles. The molecular weight excluding hydrogens is 332 g/mol. The molecule has 0 aromatic heterocycles. The third-order valence-electron chi connectivity index (χ3n) is 8.57. The fraction of sp³-hybridized carbons (Fsp3) is 0.905. The molecule has 5 nitrogen and oxygen atoms in total. The molecule has 1 aliphatic heterocycles. The van der Waals surface area contributed by atoms with Gasteiger partial charge in [0, 0.05) is 34.2 Å². The zero-order valence-electron chi connectivity index (χ0n) is 16.3. The molecule has 6 atom stereocenters. The molecule has 3 saturated carbocycles. The van der Waals surface area contributed by atoms with Gasteiger partial charge in [0.2, 0.25) is 0 Å². The summed E-state index contributed by atoms with van der Waals surface area (Å²) in [6.45, 7) is 0.458. The number of hydrogen-bond acceptors (Lipinski definition) is 5. The highest BCUT2D eigenvalue weighted by atomic mass is 16.7. The Balaban J connectivity index is 1.43. The minimum atomic E-state index is -0.647. The molecule has 26 heavy (non-hydrogen) atoms. The lowest BCUT2D eigenvalue weighted by Crippen LogP contribution is -2.52. The van der Waals surface area contributed by atoms with Gasteiger partial charge in [0.15, 0.2) is 5.79 Å². The van der Waals surface area contributed by atoms with Crippen molar-refractivity contribution in [3.63, 3.8) is 0 Å². The van der Waals surface area contributed by atoms with E-state index < -0.39 is 11.4 Å². The second-order valence-electron chi connectivity index (χ2n) is 9.31. The van der Waals surface area contributed by atoms with Crippen LogP contribution in [0.25, 0.3) is 0 Å². The second-order valence-corrected chi connectivity index (χ2v) is 9.31. The predicted octanol–water partition coefficient (Wildman–Crippen LogP) is 2.81. The quantitative estimate of drug-likeness (QED) is 0.472. The van der Waals surface area contributed by atoms with Crippen LogP contribution in [0.1, 0.15) is 51.4 Å². The number of allylic oxidation sites excluding steroid dienone is 1. The fourth-order valence-electron chi connectivity index (χ4n) is 7.26. The van der Waals surface area contributed by atoms with E-state index >= 15 is 0 Å². The predicted molar refractivity (Wildman–Crippen MR) is 95.6 cm³/mol. The Labute approximate surface area is 156 Å². The van der Waals surface area contributed by atoms with Gasteiger partial charge in [-0.3, -0.25) is 0 Å². The maximum absolute atomic E-state index is 11.1. The van der Waals surface area contributed by atoms with Crippen molar-refractivity contribution >= 4 is 0 Å². The summed E-state index contributed by atoms with van der Waals surface area (Å²) in [6.07, 6.45) is 10.3. The Morgan fingerprint density at radius 3 is 2.65 bits per heavy atom. The molecule has 0 unspecified atom stereocenters. The van der Waals surface area contributed by atoms with Crippen LogP contribution in [0.2, 0.25) is 0 Å². The maximum Gasteiger partial charge on any atom is 0.170 e. The molecule has 1 N–H and O–H groups in total. The van der Waals surface area contributed by atoms with E-state index in [-0.39, 0.29) is 11.2 Å². The molecule has 5 rings (SSSR count). The Morgan fingerprint density at radius 1 is 1.12 bits per heavy atom. The van der Waals surface area contributed by atoms with Crippen LogP contribution in [0.3, 0.4) is 0 Å². The summed E-state index contributed by atoms with van der Waals surface area (Å²) in [5.74, 6) is 0.979.